The highest BCUT2D eigenvalue weighted by atomic mass is 19.1. The van der Waals surface area contributed by atoms with Crippen LogP contribution in [-0.4, -0.2) is 44.6 Å². The maximum absolute atomic E-state index is 14.5. The van der Waals surface area contributed by atoms with E-state index in [1.807, 2.05) is 38.9 Å². The van der Waals surface area contributed by atoms with Crippen LogP contribution in [0.4, 0.5) is 31.9 Å². The number of rotatable bonds is 7. The lowest BCUT2D eigenvalue weighted by Gasteiger charge is -2.26. The zero-order valence-corrected chi connectivity index (χ0v) is 21.8. The number of fused-ring (bicyclic) bond motifs is 1. The lowest BCUT2D eigenvalue weighted by molar-refractivity contribution is -0.128. The van der Waals surface area contributed by atoms with Crippen molar-refractivity contribution in [3.8, 4) is 5.75 Å². The topological polar surface area (TPSA) is 82.2 Å². The third-order valence-corrected chi connectivity index (χ3v) is 6.20. The Morgan fingerprint density at radius 2 is 1.71 bits per heavy atom. The molecule has 1 unspecified atom stereocenters. The number of halogens is 1. The van der Waals surface area contributed by atoms with Gasteiger partial charge < -0.3 is 19.9 Å². The molecule has 3 aromatic carbocycles. The highest BCUT2D eigenvalue weighted by molar-refractivity contribution is 6.23. The van der Waals surface area contributed by atoms with Gasteiger partial charge in [0.1, 0.15) is 11.6 Å². The molecule has 0 bridgehead atoms. The van der Waals surface area contributed by atoms with Crippen LogP contribution >= 0.6 is 0 Å². The summed E-state index contributed by atoms with van der Waals surface area (Å²) >= 11 is 0. The number of para-hydroxylation sites is 1. The van der Waals surface area contributed by atoms with Gasteiger partial charge in [0.25, 0.3) is 11.8 Å². The summed E-state index contributed by atoms with van der Waals surface area (Å²) in [5.74, 6) is -1.40. The van der Waals surface area contributed by atoms with Crippen LogP contribution in [0.15, 0.2) is 72.8 Å². The van der Waals surface area contributed by atoms with Crippen LogP contribution in [0, 0.1) is 11.7 Å². The number of anilines is 4. The number of ether oxygens (including phenoxy) is 1. The number of nitrogens with zero attached hydrogens (tertiary/aromatic N) is 3. The molecule has 4 rings (SSSR count). The summed E-state index contributed by atoms with van der Waals surface area (Å²) in [6.45, 7) is 4.25. The lowest BCUT2D eigenvalue weighted by atomic mass is 10.1. The van der Waals surface area contributed by atoms with E-state index in [1.54, 1.807) is 48.5 Å². The molecule has 38 heavy (non-hydrogen) atoms. The fraction of sp³-hybridized carbons (Fsp3) is 0.276. The molecule has 8 nitrogen and oxygen atoms in total. The van der Waals surface area contributed by atoms with E-state index in [1.165, 1.54) is 28.0 Å². The Morgan fingerprint density at radius 3 is 2.39 bits per heavy atom. The molecule has 0 saturated heterocycles. The number of benzene rings is 3. The first-order chi connectivity index (χ1) is 18.2. The first-order valence-electron chi connectivity index (χ1n) is 12.4. The van der Waals surface area contributed by atoms with E-state index in [0.717, 1.165) is 5.69 Å². The standard InChI is InChI=1S/C29H31FN4O4/c1-19(2)15-16-33-25-17-20(30)13-14-24(25)34(21-9-6-5-7-10-21)28(36)26(27(33)35)31-29(37)38-23-12-8-11-22(18-23)32(3)4/h5-14,17-19,26H,15-16H2,1-4H3,(H,31,37). The smallest absolute Gasteiger partial charge is 0.410 e. The van der Waals surface area contributed by atoms with Crippen LogP contribution in [0.3, 0.4) is 0 Å². The summed E-state index contributed by atoms with van der Waals surface area (Å²) in [6.07, 6.45) is -0.350. The minimum absolute atomic E-state index is 0.237. The number of hydrogen-bond donors (Lipinski definition) is 1. The largest absolute Gasteiger partial charge is 0.413 e. The molecule has 1 N–H and O–H groups in total. The SMILES string of the molecule is CC(C)CCN1C(=O)C(NC(=O)Oc2cccc(N(C)C)c2)C(=O)N(c2ccccc2)c2ccc(F)cc21. The van der Waals surface area contributed by atoms with Crippen molar-refractivity contribution < 1.29 is 23.5 Å². The van der Waals surface area contributed by atoms with E-state index in [-0.39, 0.29) is 23.9 Å². The van der Waals surface area contributed by atoms with Crippen LogP contribution in [0.2, 0.25) is 0 Å². The fourth-order valence-electron chi connectivity index (χ4n) is 4.19. The Labute approximate surface area is 221 Å². The van der Waals surface area contributed by atoms with Crippen molar-refractivity contribution in [3.63, 3.8) is 0 Å². The molecular weight excluding hydrogens is 487 g/mol. The number of carbonyl (C=O) groups is 3. The van der Waals surface area contributed by atoms with Crippen molar-refractivity contribution in [2.75, 3.05) is 35.3 Å². The minimum atomic E-state index is -1.60. The van der Waals surface area contributed by atoms with E-state index >= 15 is 0 Å². The molecule has 0 saturated carbocycles. The van der Waals surface area contributed by atoms with E-state index in [4.69, 9.17) is 4.74 Å². The minimum Gasteiger partial charge on any atom is -0.410 e. The molecule has 0 radical (unpaired) electrons. The number of amides is 3. The molecule has 9 heteroatoms. The monoisotopic (exact) mass is 518 g/mol. The highest BCUT2D eigenvalue weighted by Gasteiger charge is 2.42. The van der Waals surface area contributed by atoms with Crippen molar-refractivity contribution in [1.29, 1.82) is 0 Å². The first kappa shape index (κ1) is 26.7. The fourth-order valence-corrected chi connectivity index (χ4v) is 4.19. The molecule has 0 aliphatic carbocycles. The number of carbonyl (C=O) groups excluding carboxylic acids is 3. The van der Waals surface area contributed by atoms with Crippen LogP contribution in [-0.2, 0) is 9.59 Å². The van der Waals surface area contributed by atoms with Gasteiger partial charge in [-0.1, -0.05) is 38.1 Å². The van der Waals surface area contributed by atoms with Gasteiger partial charge >= 0.3 is 6.09 Å². The molecule has 3 amide bonds. The molecular formula is C29H31FN4O4. The normalized spacial score (nSPS) is 15.3. The van der Waals surface area contributed by atoms with Crippen LogP contribution in [0.1, 0.15) is 20.3 Å². The van der Waals surface area contributed by atoms with Gasteiger partial charge in [0, 0.05) is 38.1 Å². The van der Waals surface area contributed by atoms with Crippen molar-refractivity contribution in [2.24, 2.45) is 5.92 Å². The van der Waals surface area contributed by atoms with E-state index in [0.29, 0.717) is 17.8 Å². The summed E-state index contributed by atoms with van der Waals surface area (Å²) in [5, 5.41) is 2.47. The average molecular weight is 519 g/mol. The van der Waals surface area contributed by atoms with Crippen LogP contribution in [0.5, 0.6) is 5.75 Å². The summed E-state index contributed by atoms with van der Waals surface area (Å²) in [4.78, 5) is 45.3. The van der Waals surface area contributed by atoms with Crippen molar-refractivity contribution in [3.05, 3.63) is 78.6 Å². The number of nitrogens with one attached hydrogen (secondary N) is 1. The average Bonchev–Trinajstić information content (AvgIpc) is 2.96. The summed E-state index contributed by atoms with van der Waals surface area (Å²) in [6, 6.07) is 17.9. The Bertz CT molecular complexity index is 1330. The Balaban J connectivity index is 1.73. The molecule has 0 aromatic heterocycles. The van der Waals surface area contributed by atoms with Crippen LogP contribution < -0.4 is 24.8 Å². The first-order valence-corrected chi connectivity index (χ1v) is 12.4. The van der Waals surface area contributed by atoms with Crippen LogP contribution in [0.25, 0.3) is 0 Å². The molecule has 0 fully saturated rings. The molecule has 198 valence electrons. The maximum Gasteiger partial charge on any atom is 0.413 e. The molecule has 1 atom stereocenters. The number of hydrogen-bond acceptors (Lipinski definition) is 5. The van der Waals surface area contributed by atoms with Gasteiger partial charge in [-0.25, -0.2) is 9.18 Å². The molecule has 3 aromatic rings. The van der Waals surface area contributed by atoms with E-state index in [9.17, 15) is 18.8 Å². The maximum atomic E-state index is 14.5. The van der Waals surface area contributed by atoms with Gasteiger partial charge in [-0.05, 0) is 54.8 Å². The van der Waals surface area contributed by atoms with E-state index in [2.05, 4.69) is 5.32 Å². The second-order valence-corrected chi connectivity index (χ2v) is 9.67. The lowest BCUT2D eigenvalue weighted by Crippen LogP contribution is -2.55. The zero-order chi connectivity index (χ0) is 27.4. The second-order valence-electron chi connectivity index (χ2n) is 9.67. The predicted molar refractivity (Wildman–Crippen MR) is 146 cm³/mol. The Hall–Kier alpha value is -4.40. The zero-order valence-electron chi connectivity index (χ0n) is 21.8. The second kappa shape index (κ2) is 11.3. The Morgan fingerprint density at radius 1 is 0.974 bits per heavy atom. The summed E-state index contributed by atoms with van der Waals surface area (Å²) < 4.78 is 19.9. The third-order valence-electron chi connectivity index (χ3n) is 6.20. The van der Waals surface area contributed by atoms with Crippen molar-refractivity contribution in [1.82, 2.24) is 5.32 Å². The molecule has 1 heterocycles. The predicted octanol–water partition coefficient (Wildman–Crippen LogP) is 5.11. The van der Waals surface area contributed by atoms with Gasteiger partial charge in [-0.2, -0.15) is 0 Å². The quantitative estimate of drug-likeness (QED) is 0.440. The van der Waals surface area contributed by atoms with E-state index < -0.39 is 29.8 Å². The highest BCUT2D eigenvalue weighted by Crippen LogP contribution is 2.39. The van der Waals surface area contributed by atoms with Crippen molar-refractivity contribution in [2.45, 2.75) is 26.3 Å². The third kappa shape index (κ3) is 5.77. The summed E-state index contributed by atoms with van der Waals surface area (Å²) in [7, 11) is 3.71. The summed E-state index contributed by atoms with van der Waals surface area (Å²) in [5.41, 5.74) is 1.88. The van der Waals surface area contributed by atoms with Crippen molar-refractivity contribution >= 4 is 40.7 Å². The van der Waals surface area contributed by atoms with Gasteiger partial charge in [0.05, 0.1) is 11.4 Å². The molecule has 0 spiro atoms. The van der Waals surface area contributed by atoms with Gasteiger partial charge in [0.2, 0.25) is 0 Å². The van der Waals surface area contributed by atoms with Gasteiger partial charge in [-0.15, -0.1) is 0 Å². The molecule has 1 aliphatic rings. The Kier molecular flexibility index (Phi) is 7.95. The van der Waals surface area contributed by atoms with Gasteiger partial charge in [-0.3, -0.25) is 14.5 Å². The molecule has 1 aliphatic heterocycles. The van der Waals surface area contributed by atoms with Gasteiger partial charge in [0.15, 0.2) is 6.04 Å².